The highest BCUT2D eigenvalue weighted by Crippen LogP contribution is 2.48. The number of nitrogens with one attached hydrogen (secondary N) is 1. The molecule has 0 radical (unpaired) electrons. The summed E-state index contributed by atoms with van der Waals surface area (Å²) >= 11 is 0. The Hall–Kier alpha value is -1.09. The third kappa shape index (κ3) is 3.19. The number of benzene rings is 1. The van der Waals surface area contributed by atoms with Gasteiger partial charge in [0.15, 0.2) is 0 Å². The second-order valence-electron chi connectivity index (χ2n) is 5.20. The predicted molar refractivity (Wildman–Crippen MR) is 69.1 cm³/mol. The number of halogens is 1. The Labute approximate surface area is 102 Å². The molecule has 0 heterocycles. The Bertz CT molecular complexity index is 386. The fourth-order valence-electron chi connectivity index (χ4n) is 2.39. The molecule has 17 heavy (non-hydrogen) atoms. The predicted octanol–water partition coefficient (Wildman–Crippen LogP) is 3.08. The lowest BCUT2D eigenvalue weighted by molar-refractivity contribution is 0.418. The fourth-order valence-corrected chi connectivity index (χ4v) is 2.39. The van der Waals surface area contributed by atoms with Crippen LogP contribution in [0.1, 0.15) is 38.2 Å². The van der Waals surface area contributed by atoms with Crippen LogP contribution in [0.3, 0.4) is 0 Å². The molecule has 0 saturated heterocycles. The van der Waals surface area contributed by atoms with E-state index in [-0.39, 0.29) is 5.82 Å². The van der Waals surface area contributed by atoms with Gasteiger partial charge in [-0.05, 0) is 36.8 Å². The van der Waals surface area contributed by atoms with Crippen LogP contribution in [0.4, 0.5) is 10.1 Å². The number of rotatable bonds is 6. The van der Waals surface area contributed by atoms with Gasteiger partial charge in [-0.2, -0.15) is 0 Å². The van der Waals surface area contributed by atoms with Gasteiger partial charge in [-0.3, -0.25) is 0 Å². The molecule has 1 aliphatic carbocycles. The first-order valence-electron chi connectivity index (χ1n) is 6.40. The van der Waals surface area contributed by atoms with Gasteiger partial charge in [0.25, 0.3) is 0 Å². The lowest BCUT2D eigenvalue weighted by Crippen LogP contribution is -2.24. The molecule has 3 heteroatoms. The summed E-state index contributed by atoms with van der Waals surface area (Å²) in [7, 11) is 0. The number of nitrogens with two attached hydrogens (primary N) is 1. The Morgan fingerprint density at radius 1 is 1.41 bits per heavy atom. The smallest absolute Gasteiger partial charge is 0.129 e. The van der Waals surface area contributed by atoms with Gasteiger partial charge >= 0.3 is 0 Å². The van der Waals surface area contributed by atoms with Crippen molar-refractivity contribution in [3.05, 3.63) is 29.6 Å². The SMILES string of the molecule is CCCC1(CNCc2ccc(N)cc2F)CC1. The zero-order chi connectivity index (χ0) is 12.3. The lowest BCUT2D eigenvalue weighted by Gasteiger charge is -2.15. The molecule has 1 aromatic rings. The maximum Gasteiger partial charge on any atom is 0.129 e. The molecule has 2 nitrogen and oxygen atoms in total. The van der Waals surface area contributed by atoms with Crippen molar-refractivity contribution in [3.8, 4) is 0 Å². The number of anilines is 1. The van der Waals surface area contributed by atoms with Crippen molar-refractivity contribution in [2.75, 3.05) is 12.3 Å². The Morgan fingerprint density at radius 3 is 2.76 bits per heavy atom. The van der Waals surface area contributed by atoms with Gasteiger partial charge in [0, 0.05) is 24.3 Å². The first kappa shape index (κ1) is 12.4. The van der Waals surface area contributed by atoms with E-state index in [0.29, 0.717) is 23.2 Å². The Morgan fingerprint density at radius 2 is 2.18 bits per heavy atom. The molecule has 0 unspecified atom stereocenters. The summed E-state index contributed by atoms with van der Waals surface area (Å²) in [5.41, 5.74) is 7.21. The van der Waals surface area contributed by atoms with Crippen molar-refractivity contribution >= 4 is 5.69 Å². The van der Waals surface area contributed by atoms with Gasteiger partial charge in [-0.1, -0.05) is 19.4 Å². The molecule has 0 bridgehead atoms. The van der Waals surface area contributed by atoms with Crippen LogP contribution in [0, 0.1) is 11.2 Å². The van der Waals surface area contributed by atoms with E-state index in [1.165, 1.54) is 31.7 Å². The highest BCUT2D eigenvalue weighted by atomic mass is 19.1. The molecule has 0 aliphatic heterocycles. The molecular formula is C14H21FN2. The van der Waals surface area contributed by atoms with Crippen LogP contribution in [0.15, 0.2) is 18.2 Å². The van der Waals surface area contributed by atoms with E-state index in [9.17, 15) is 4.39 Å². The van der Waals surface area contributed by atoms with Crippen molar-refractivity contribution in [3.63, 3.8) is 0 Å². The second kappa shape index (κ2) is 5.05. The normalized spacial score (nSPS) is 17.1. The highest BCUT2D eigenvalue weighted by molar-refractivity contribution is 5.40. The minimum Gasteiger partial charge on any atom is -0.399 e. The maximum absolute atomic E-state index is 13.5. The largest absolute Gasteiger partial charge is 0.399 e. The van der Waals surface area contributed by atoms with E-state index in [4.69, 9.17) is 5.73 Å². The van der Waals surface area contributed by atoms with Crippen LogP contribution in [0.5, 0.6) is 0 Å². The van der Waals surface area contributed by atoms with Crippen molar-refractivity contribution in [1.29, 1.82) is 0 Å². The van der Waals surface area contributed by atoms with Crippen molar-refractivity contribution in [1.82, 2.24) is 5.32 Å². The van der Waals surface area contributed by atoms with E-state index in [2.05, 4.69) is 12.2 Å². The van der Waals surface area contributed by atoms with Gasteiger partial charge in [-0.25, -0.2) is 4.39 Å². The Balaban J connectivity index is 1.82. The van der Waals surface area contributed by atoms with Crippen LogP contribution in [-0.2, 0) is 6.54 Å². The molecule has 3 N–H and O–H groups in total. The van der Waals surface area contributed by atoms with E-state index in [0.717, 1.165) is 6.54 Å². The molecule has 0 atom stereocenters. The highest BCUT2D eigenvalue weighted by Gasteiger charge is 2.40. The minimum absolute atomic E-state index is 0.210. The molecule has 94 valence electrons. The topological polar surface area (TPSA) is 38.0 Å². The van der Waals surface area contributed by atoms with Gasteiger partial charge in [0.2, 0.25) is 0 Å². The molecule has 1 saturated carbocycles. The van der Waals surface area contributed by atoms with E-state index >= 15 is 0 Å². The van der Waals surface area contributed by atoms with E-state index in [1.807, 2.05) is 0 Å². The third-order valence-corrected chi connectivity index (χ3v) is 3.63. The lowest BCUT2D eigenvalue weighted by atomic mass is 10.0. The molecule has 0 amide bonds. The van der Waals surface area contributed by atoms with Gasteiger partial charge in [0.1, 0.15) is 5.82 Å². The maximum atomic E-state index is 13.5. The van der Waals surface area contributed by atoms with Crippen LogP contribution in [-0.4, -0.2) is 6.54 Å². The van der Waals surface area contributed by atoms with Crippen LogP contribution in [0.2, 0.25) is 0 Å². The molecule has 0 aromatic heterocycles. The molecule has 1 aliphatic rings. The van der Waals surface area contributed by atoms with Crippen molar-refractivity contribution < 1.29 is 4.39 Å². The zero-order valence-corrected chi connectivity index (χ0v) is 10.4. The first-order chi connectivity index (χ1) is 8.15. The Kier molecular flexibility index (Phi) is 3.67. The van der Waals surface area contributed by atoms with E-state index in [1.54, 1.807) is 12.1 Å². The summed E-state index contributed by atoms with van der Waals surface area (Å²) in [4.78, 5) is 0. The summed E-state index contributed by atoms with van der Waals surface area (Å²) < 4.78 is 13.5. The monoisotopic (exact) mass is 236 g/mol. The summed E-state index contributed by atoms with van der Waals surface area (Å²) in [6.07, 6.45) is 5.15. The molecular weight excluding hydrogens is 215 g/mol. The van der Waals surface area contributed by atoms with Gasteiger partial charge in [-0.15, -0.1) is 0 Å². The fraction of sp³-hybridized carbons (Fsp3) is 0.571. The van der Waals surface area contributed by atoms with Gasteiger partial charge in [0.05, 0.1) is 0 Å². The molecule has 1 fully saturated rings. The molecule has 1 aromatic carbocycles. The molecule has 0 spiro atoms. The average molecular weight is 236 g/mol. The van der Waals surface area contributed by atoms with Crippen LogP contribution < -0.4 is 11.1 Å². The van der Waals surface area contributed by atoms with E-state index < -0.39 is 0 Å². The standard InChI is InChI=1S/C14H21FN2/c1-2-5-14(6-7-14)10-17-9-11-3-4-12(16)8-13(11)15/h3-4,8,17H,2,5-7,9-10,16H2,1H3. The third-order valence-electron chi connectivity index (χ3n) is 3.63. The summed E-state index contributed by atoms with van der Waals surface area (Å²) in [6.45, 7) is 3.82. The number of hydrogen-bond donors (Lipinski definition) is 2. The quantitative estimate of drug-likeness (QED) is 0.745. The zero-order valence-electron chi connectivity index (χ0n) is 10.4. The second-order valence-corrected chi connectivity index (χ2v) is 5.20. The van der Waals surface area contributed by atoms with Crippen molar-refractivity contribution in [2.24, 2.45) is 5.41 Å². The number of nitrogen functional groups attached to an aromatic ring is 1. The van der Waals surface area contributed by atoms with Gasteiger partial charge < -0.3 is 11.1 Å². The van der Waals surface area contributed by atoms with Crippen LogP contribution >= 0.6 is 0 Å². The summed E-state index contributed by atoms with van der Waals surface area (Å²) in [6, 6.07) is 4.89. The first-order valence-corrected chi connectivity index (χ1v) is 6.40. The summed E-state index contributed by atoms with van der Waals surface area (Å²) in [5, 5.41) is 3.37. The summed E-state index contributed by atoms with van der Waals surface area (Å²) in [5.74, 6) is -0.210. The molecule has 2 rings (SSSR count). The minimum atomic E-state index is -0.210. The van der Waals surface area contributed by atoms with Crippen LogP contribution in [0.25, 0.3) is 0 Å². The average Bonchev–Trinajstić information content (AvgIpc) is 3.02. The number of hydrogen-bond acceptors (Lipinski definition) is 2. The van der Waals surface area contributed by atoms with Crippen molar-refractivity contribution in [2.45, 2.75) is 39.2 Å².